The Morgan fingerprint density at radius 3 is 1.18 bits per heavy atom. The van der Waals surface area contributed by atoms with Crippen molar-refractivity contribution in [1.82, 2.24) is 0 Å². The van der Waals surface area contributed by atoms with Gasteiger partial charge in [-0.15, -0.1) is 0 Å². The Kier molecular flexibility index (Phi) is 5.08. The van der Waals surface area contributed by atoms with Gasteiger partial charge in [0.15, 0.2) is 0 Å². The lowest BCUT2D eigenvalue weighted by molar-refractivity contribution is -0.301. The molecule has 98 valence electrons. The molecule has 0 aromatic heterocycles. The minimum Gasteiger partial charge on any atom is -0.546 e. The molecule has 6 nitrogen and oxygen atoms in total. The number of hydrogen-bond donors (Lipinski definition) is 0. The molecule has 0 aliphatic heterocycles. The van der Waals surface area contributed by atoms with Gasteiger partial charge >= 0.3 is 0 Å². The van der Waals surface area contributed by atoms with Crippen LogP contribution in [0.1, 0.15) is 20.8 Å². The highest BCUT2D eigenvalue weighted by molar-refractivity contribution is 7.79. The molecule has 0 aliphatic carbocycles. The molecule has 0 N–H and O–H groups in total. The van der Waals surface area contributed by atoms with Gasteiger partial charge in [0.2, 0.25) is 0 Å². The van der Waals surface area contributed by atoms with E-state index < -0.39 is 48.8 Å². The van der Waals surface area contributed by atoms with E-state index in [4.69, 9.17) is 0 Å². The smallest absolute Gasteiger partial charge is 0.0999 e. The van der Waals surface area contributed by atoms with E-state index in [1.807, 2.05) is 0 Å². The topological polar surface area (TPSA) is 120 Å². The Hall–Kier alpha value is -1.16. The average Bonchev–Trinajstić information content (AvgIpc) is 1.96. The molecule has 0 saturated carbocycles. The van der Waals surface area contributed by atoms with Crippen LogP contribution in [-0.4, -0.2) is 41.5 Å². The molecule has 0 unspecified atom stereocenters. The second-order valence-corrected chi connectivity index (χ2v) is 9.49. The van der Waals surface area contributed by atoms with Gasteiger partial charge < -0.3 is 29.7 Å². The van der Waals surface area contributed by atoms with Gasteiger partial charge in [0, 0.05) is 7.26 Å². The van der Waals surface area contributed by atoms with E-state index in [0.717, 1.165) is 0 Å². The first-order valence-electron chi connectivity index (χ1n) is 4.96. The standard InChI is InChI=1S/C10H17O6P/c1-10(2,3)17(4-7(11)12,5-8(13)14)6-9(15)16/h4-6H2,1-3H3,(H2-,11,12,13,14,15,16)/p-2. The summed E-state index contributed by atoms with van der Waals surface area (Å²) >= 11 is 0. The minimum atomic E-state index is -2.83. The second kappa shape index (κ2) is 5.45. The molecule has 0 spiro atoms. The molecule has 0 atom stereocenters. The fraction of sp³-hybridized carbons (Fsp3) is 0.700. The number of aliphatic carboxylic acids is 3. The summed E-state index contributed by atoms with van der Waals surface area (Å²) in [6.07, 6.45) is -1.67. The van der Waals surface area contributed by atoms with Crippen LogP contribution in [-0.2, 0) is 14.4 Å². The Morgan fingerprint density at radius 2 is 1.06 bits per heavy atom. The van der Waals surface area contributed by atoms with Crippen molar-refractivity contribution in [2.24, 2.45) is 0 Å². The van der Waals surface area contributed by atoms with Crippen LogP contribution in [0, 0.1) is 0 Å². The molecule has 0 aromatic rings. The van der Waals surface area contributed by atoms with Crippen molar-refractivity contribution >= 4 is 25.2 Å². The van der Waals surface area contributed by atoms with E-state index in [1.165, 1.54) is 0 Å². The summed E-state index contributed by atoms with van der Waals surface area (Å²) in [5.41, 5.74) is 0. The maximum atomic E-state index is 10.7. The van der Waals surface area contributed by atoms with Crippen molar-refractivity contribution in [3.05, 3.63) is 0 Å². The molecule has 0 aliphatic rings. The zero-order valence-corrected chi connectivity index (χ0v) is 10.9. The Labute approximate surface area is 100.0 Å². The molecule has 0 aromatic carbocycles. The first-order valence-corrected chi connectivity index (χ1v) is 7.30. The van der Waals surface area contributed by atoms with Crippen LogP contribution in [0.5, 0.6) is 0 Å². The van der Waals surface area contributed by atoms with Gasteiger partial charge in [0.1, 0.15) is 0 Å². The number of carboxylic acids is 3. The van der Waals surface area contributed by atoms with Gasteiger partial charge in [-0.25, -0.2) is 0 Å². The summed E-state index contributed by atoms with van der Waals surface area (Å²) in [5, 5.41) is 31.4. The zero-order chi connectivity index (χ0) is 13.9. The van der Waals surface area contributed by atoms with Crippen LogP contribution in [0.15, 0.2) is 0 Å². The Balaban J connectivity index is 5.42. The monoisotopic (exact) mass is 262 g/mol. The van der Waals surface area contributed by atoms with Gasteiger partial charge in [-0.3, -0.25) is 0 Å². The fourth-order valence-corrected chi connectivity index (χ4v) is 4.86. The number of carboxylic acid groups (broad SMARTS) is 3. The molecule has 0 heterocycles. The highest BCUT2D eigenvalue weighted by Gasteiger charge is 2.49. The zero-order valence-electron chi connectivity index (χ0n) is 10.0. The van der Waals surface area contributed by atoms with Crippen LogP contribution >= 0.6 is 7.26 Å². The largest absolute Gasteiger partial charge is 0.546 e. The van der Waals surface area contributed by atoms with Gasteiger partial charge in [-0.05, 0) is 20.8 Å². The molecule has 7 heteroatoms. The van der Waals surface area contributed by atoms with Crippen LogP contribution in [0.25, 0.3) is 0 Å². The fourth-order valence-electron chi connectivity index (χ4n) is 1.62. The molecule has 0 fully saturated rings. The van der Waals surface area contributed by atoms with Crippen LogP contribution < -0.4 is 15.3 Å². The molecule has 0 bridgehead atoms. The van der Waals surface area contributed by atoms with Crippen LogP contribution in [0.4, 0.5) is 0 Å². The van der Waals surface area contributed by atoms with Gasteiger partial charge in [-0.1, -0.05) is 0 Å². The average molecular weight is 262 g/mol. The van der Waals surface area contributed by atoms with Crippen molar-refractivity contribution in [3.63, 3.8) is 0 Å². The van der Waals surface area contributed by atoms with Gasteiger partial charge in [0.25, 0.3) is 0 Å². The van der Waals surface area contributed by atoms with Crippen molar-refractivity contribution in [3.8, 4) is 0 Å². The first kappa shape index (κ1) is 15.8. The molecular formula is C10H15O6P-2. The Bertz CT molecular complexity index is 289. The van der Waals surface area contributed by atoms with Crippen LogP contribution in [0.3, 0.4) is 0 Å². The minimum absolute atomic E-state index is 0.557. The summed E-state index contributed by atoms with van der Waals surface area (Å²) in [6, 6.07) is 0. The van der Waals surface area contributed by atoms with E-state index in [1.54, 1.807) is 20.8 Å². The summed E-state index contributed by atoms with van der Waals surface area (Å²) in [7, 11) is -2.83. The van der Waals surface area contributed by atoms with Crippen molar-refractivity contribution < 1.29 is 29.7 Å². The predicted molar refractivity (Wildman–Crippen MR) is 56.3 cm³/mol. The normalized spacial score (nSPS) is 12.2. The lowest BCUT2D eigenvalue weighted by Gasteiger charge is -2.39. The van der Waals surface area contributed by atoms with Crippen molar-refractivity contribution in [2.45, 2.75) is 25.9 Å². The SMILES string of the molecule is CC(C)(C)[P+](CC(=O)[O-])(CC(=O)[O-])CC(=O)[O-]. The maximum Gasteiger partial charge on any atom is 0.0999 e. The molecule has 17 heavy (non-hydrogen) atoms. The molecule has 0 saturated heterocycles. The van der Waals surface area contributed by atoms with Gasteiger partial charge in [0.05, 0.1) is 41.5 Å². The maximum absolute atomic E-state index is 10.7. The molecule has 0 amide bonds. The van der Waals surface area contributed by atoms with Crippen LogP contribution in [0.2, 0.25) is 0 Å². The van der Waals surface area contributed by atoms with E-state index in [9.17, 15) is 29.7 Å². The van der Waals surface area contributed by atoms with Crippen molar-refractivity contribution in [2.75, 3.05) is 18.5 Å². The number of hydrogen-bond acceptors (Lipinski definition) is 6. The van der Waals surface area contributed by atoms with E-state index in [2.05, 4.69) is 0 Å². The van der Waals surface area contributed by atoms with Crippen molar-refractivity contribution in [1.29, 1.82) is 0 Å². The summed E-state index contributed by atoms with van der Waals surface area (Å²) in [6.45, 7) is 4.86. The molecular weight excluding hydrogens is 247 g/mol. The summed E-state index contributed by atoms with van der Waals surface area (Å²) < 4.78 is 0. The van der Waals surface area contributed by atoms with Gasteiger partial charge in [-0.2, -0.15) is 0 Å². The number of rotatable bonds is 6. The first-order chi connectivity index (χ1) is 7.50. The lowest BCUT2D eigenvalue weighted by atomic mass is 10.3. The summed E-state index contributed by atoms with van der Waals surface area (Å²) in [5.74, 6) is -4.35. The highest BCUT2D eigenvalue weighted by atomic mass is 31.2. The summed E-state index contributed by atoms with van der Waals surface area (Å²) in [4.78, 5) is 32.1. The van der Waals surface area contributed by atoms with E-state index in [-0.39, 0.29) is 0 Å². The highest BCUT2D eigenvalue weighted by Crippen LogP contribution is 2.67. The third-order valence-corrected chi connectivity index (χ3v) is 8.15. The third kappa shape index (κ3) is 4.69. The van der Waals surface area contributed by atoms with E-state index in [0.29, 0.717) is 0 Å². The number of carbonyl (C=O) groups is 3. The van der Waals surface area contributed by atoms with E-state index >= 15 is 0 Å². The number of carbonyl (C=O) groups excluding carboxylic acids is 3. The quantitative estimate of drug-likeness (QED) is 0.472. The lowest BCUT2D eigenvalue weighted by Crippen LogP contribution is -2.43. The molecule has 0 radical (unpaired) electrons. The Morgan fingerprint density at radius 1 is 0.824 bits per heavy atom. The molecule has 0 rings (SSSR count). The third-order valence-electron chi connectivity index (χ3n) is 2.72. The predicted octanol–water partition coefficient (Wildman–Crippen LogP) is -2.95. The second-order valence-electron chi connectivity index (χ2n) is 4.91.